The summed E-state index contributed by atoms with van der Waals surface area (Å²) >= 11 is 0. The first kappa shape index (κ1) is 23.9. The van der Waals surface area contributed by atoms with E-state index in [0.717, 1.165) is 49.3 Å². The van der Waals surface area contributed by atoms with E-state index >= 15 is 0 Å². The quantitative estimate of drug-likeness (QED) is 0.172. The molecule has 0 atom stereocenters. The number of benzene rings is 8. The van der Waals surface area contributed by atoms with Crippen molar-refractivity contribution in [3.05, 3.63) is 200 Å². The van der Waals surface area contributed by atoms with E-state index in [1.54, 1.807) is 4.57 Å². The van der Waals surface area contributed by atoms with E-state index in [1.807, 2.05) is 138 Å². The molecule has 0 aliphatic rings. The highest BCUT2D eigenvalue weighted by Crippen LogP contribution is 2.42. The van der Waals surface area contributed by atoms with Gasteiger partial charge >= 0.3 is 0 Å². The van der Waals surface area contributed by atoms with E-state index in [4.69, 9.17) is 24.5 Å². The maximum Gasteiger partial charge on any atom is 0.238 e. The number of aromatic nitrogens is 5. The zero-order valence-corrected chi connectivity index (χ0v) is 29.6. The van der Waals surface area contributed by atoms with E-state index < -0.39 is 54.4 Å². The first-order valence-corrected chi connectivity index (χ1v) is 18.1. The van der Waals surface area contributed by atoms with Crippen LogP contribution in [-0.4, -0.2) is 24.1 Å². The van der Waals surface area contributed by atoms with Gasteiger partial charge in [0.1, 0.15) is 0 Å². The first-order chi connectivity index (χ1) is 31.5. The Bertz CT molecular complexity index is 3730. The maximum atomic E-state index is 9.75. The van der Waals surface area contributed by atoms with Crippen LogP contribution in [0.4, 0.5) is 0 Å². The minimum Gasteiger partial charge on any atom is -0.309 e. The predicted octanol–water partition coefficient (Wildman–Crippen LogP) is 12.7. The summed E-state index contributed by atoms with van der Waals surface area (Å²) in [5.41, 5.74) is 5.61. The molecule has 56 heavy (non-hydrogen) atoms. The Morgan fingerprint density at radius 2 is 0.946 bits per heavy atom. The van der Waals surface area contributed by atoms with Crippen molar-refractivity contribution < 1.29 is 12.3 Å². The van der Waals surface area contributed by atoms with Crippen molar-refractivity contribution in [3.8, 4) is 56.7 Å². The lowest BCUT2D eigenvalue weighted by molar-refractivity contribution is 0.953. The van der Waals surface area contributed by atoms with Crippen LogP contribution < -0.4 is 0 Å². The van der Waals surface area contributed by atoms with Crippen LogP contribution in [0, 0.1) is 0 Å². The SMILES string of the molecule is [2H]c1c([2H])c([2H])c(-c2c([2H])c([2H])c([2H])c(-n3c4ccccc4c4ccc5c(c6ccccc6n5-c5nc(-c6ccccc6)nc(-c6ccc(-c7ccccc7)cc6)n5)c43)c2[2H])c([2H])c1[2H]. The predicted molar refractivity (Wildman–Crippen MR) is 230 cm³/mol. The van der Waals surface area contributed by atoms with E-state index in [-0.39, 0.29) is 16.8 Å². The molecule has 0 aliphatic carbocycles. The highest BCUT2D eigenvalue weighted by molar-refractivity contribution is 6.26. The first-order valence-electron chi connectivity index (χ1n) is 22.6. The molecule has 8 aromatic carbocycles. The Morgan fingerprint density at radius 1 is 0.375 bits per heavy atom. The fourth-order valence-electron chi connectivity index (χ4n) is 7.65. The van der Waals surface area contributed by atoms with Crippen LogP contribution in [0.5, 0.6) is 0 Å². The van der Waals surface area contributed by atoms with E-state index in [1.165, 1.54) is 0 Å². The smallest absolute Gasteiger partial charge is 0.238 e. The monoisotopic (exact) mass is 724 g/mol. The molecular weight excluding hydrogens is 683 g/mol. The molecule has 0 saturated heterocycles. The molecule has 3 heterocycles. The number of hydrogen-bond donors (Lipinski definition) is 0. The van der Waals surface area contributed by atoms with E-state index in [9.17, 15) is 2.74 Å². The van der Waals surface area contributed by atoms with Crippen molar-refractivity contribution in [2.45, 2.75) is 0 Å². The lowest BCUT2D eigenvalue weighted by atomic mass is 10.0. The molecule has 5 nitrogen and oxygen atoms in total. The Labute approximate surface area is 336 Å². The van der Waals surface area contributed by atoms with Gasteiger partial charge in [-0.1, -0.05) is 170 Å². The van der Waals surface area contributed by atoms with Gasteiger partial charge in [0.2, 0.25) is 5.95 Å². The second-order valence-electron chi connectivity index (χ2n) is 13.4. The molecule has 11 aromatic rings. The number of hydrogen-bond acceptors (Lipinski definition) is 3. The number of para-hydroxylation sites is 2. The lowest BCUT2D eigenvalue weighted by Crippen LogP contribution is -2.06. The Kier molecular flexibility index (Phi) is 5.57. The van der Waals surface area contributed by atoms with Crippen molar-refractivity contribution >= 4 is 43.6 Å². The van der Waals surface area contributed by atoms with Crippen molar-refractivity contribution in [1.82, 2.24) is 24.1 Å². The van der Waals surface area contributed by atoms with Crippen molar-refractivity contribution in [2.24, 2.45) is 0 Å². The summed E-state index contributed by atoms with van der Waals surface area (Å²) < 4.78 is 83.5. The second kappa shape index (κ2) is 13.0. The largest absolute Gasteiger partial charge is 0.309 e. The summed E-state index contributed by atoms with van der Waals surface area (Å²) in [6, 6.07) is 42.2. The Balaban J connectivity index is 1.23. The molecule has 0 spiro atoms. The maximum absolute atomic E-state index is 9.75. The zero-order chi connectivity index (χ0) is 44.8. The third kappa shape index (κ3) is 5.21. The minimum absolute atomic E-state index is 0.0731. The molecule has 3 aromatic heterocycles. The fraction of sp³-hybridized carbons (Fsp3) is 0. The van der Waals surface area contributed by atoms with E-state index in [2.05, 4.69) is 12.1 Å². The fourth-order valence-corrected chi connectivity index (χ4v) is 7.65. The second-order valence-corrected chi connectivity index (χ2v) is 13.4. The van der Waals surface area contributed by atoms with Crippen LogP contribution in [0.1, 0.15) is 12.3 Å². The van der Waals surface area contributed by atoms with Crippen molar-refractivity contribution in [1.29, 1.82) is 0 Å². The summed E-state index contributed by atoms with van der Waals surface area (Å²) in [5.74, 6) is 1.29. The summed E-state index contributed by atoms with van der Waals surface area (Å²) in [4.78, 5) is 15.3. The van der Waals surface area contributed by atoms with E-state index in [0.29, 0.717) is 34.1 Å². The van der Waals surface area contributed by atoms with Gasteiger partial charge in [0.05, 0.1) is 34.4 Å². The van der Waals surface area contributed by atoms with Crippen LogP contribution in [0.15, 0.2) is 200 Å². The molecule has 0 saturated carbocycles. The highest BCUT2D eigenvalue weighted by Gasteiger charge is 2.23. The third-order valence-corrected chi connectivity index (χ3v) is 10.2. The molecular formula is C51H33N5. The average molecular weight is 725 g/mol. The normalized spacial score (nSPS) is 13.8. The van der Waals surface area contributed by atoms with Crippen molar-refractivity contribution in [2.75, 3.05) is 0 Å². The molecule has 0 bridgehead atoms. The van der Waals surface area contributed by atoms with Gasteiger partial charge in [0, 0.05) is 38.4 Å². The number of fused-ring (bicyclic) bond motifs is 7. The van der Waals surface area contributed by atoms with Gasteiger partial charge in [-0.3, -0.25) is 4.57 Å². The van der Waals surface area contributed by atoms with Gasteiger partial charge in [0.15, 0.2) is 11.6 Å². The number of rotatable bonds is 6. The standard InChI is InChI=1S/C51H33N5/c1-4-15-34(16-5-1)36-27-29-38(30-28-36)50-52-49(37-19-8-3-9-20-37)53-51(54-50)56-45-26-13-11-24-43(45)47-46(56)32-31-42-41-23-10-12-25-44(41)55(48(42)47)40-22-14-21-39(33-40)35-17-6-2-7-18-35/h1-33H/i2D,6D,7D,14D,17D,18D,21D,22D,33D. The van der Waals surface area contributed by atoms with Crippen LogP contribution in [-0.2, 0) is 0 Å². The van der Waals surface area contributed by atoms with Crippen LogP contribution in [0.25, 0.3) is 100 Å². The van der Waals surface area contributed by atoms with Gasteiger partial charge in [-0.05, 0) is 52.5 Å². The molecule has 11 rings (SSSR count). The van der Waals surface area contributed by atoms with Crippen LogP contribution in [0.3, 0.4) is 0 Å². The molecule has 0 radical (unpaired) electrons. The summed E-state index contributed by atoms with van der Waals surface area (Å²) in [7, 11) is 0. The van der Waals surface area contributed by atoms with Crippen molar-refractivity contribution in [3.63, 3.8) is 0 Å². The summed E-state index contributed by atoms with van der Waals surface area (Å²) in [6.45, 7) is 0. The number of nitrogens with zero attached hydrogens (tertiary/aromatic N) is 5. The molecule has 5 heteroatoms. The Morgan fingerprint density at radius 3 is 1.68 bits per heavy atom. The lowest BCUT2D eigenvalue weighted by Gasteiger charge is -2.12. The zero-order valence-electron chi connectivity index (χ0n) is 38.6. The average Bonchev–Trinajstić information content (AvgIpc) is 3.86. The van der Waals surface area contributed by atoms with Gasteiger partial charge < -0.3 is 4.57 Å². The molecule has 0 unspecified atom stereocenters. The third-order valence-electron chi connectivity index (χ3n) is 10.2. The summed E-state index contributed by atoms with van der Waals surface area (Å²) in [5, 5.41) is 3.10. The molecule has 0 N–H and O–H groups in total. The van der Waals surface area contributed by atoms with Gasteiger partial charge in [-0.25, -0.2) is 4.98 Å². The van der Waals surface area contributed by atoms with Crippen LogP contribution >= 0.6 is 0 Å². The molecule has 262 valence electrons. The molecule has 0 aliphatic heterocycles. The molecule has 0 amide bonds. The highest BCUT2D eigenvalue weighted by atomic mass is 15.2. The van der Waals surface area contributed by atoms with Gasteiger partial charge in [-0.15, -0.1) is 0 Å². The molecule has 0 fully saturated rings. The summed E-state index contributed by atoms with van der Waals surface area (Å²) in [6.07, 6.45) is 0. The van der Waals surface area contributed by atoms with Crippen LogP contribution in [0.2, 0.25) is 0 Å². The minimum atomic E-state index is -0.629. The Hall–Kier alpha value is -7.63. The topological polar surface area (TPSA) is 48.5 Å². The van der Waals surface area contributed by atoms with Gasteiger partial charge in [-0.2, -0.15) is 9.97 Å². The van der Waals surface area contributed by atoms with Gasteiger partial charge in [0.25, 0.3) is 0 Å².